The number of nitrogens with one attached hydrogen (secondary N) is 3. The second-order valence-electron chi connectivity index (χ2n) is 9.54. The summed E-state index contributed by atoms with van der Waals surface area (Å²) in [6.45, 7) is 2.47. The average Bonchev–Trinajstić information content (AvgIpc) is 3.03. The molecule has 0 spiro atoms. The van der Waals surface area contributed by atoms with Gasteiger partial charge in [0.2, 0.25) is 5.91 Å². The molecule has 0 fully saturated rings. The van der Waals surface area contributed by atoms with Gasteiger partial charge in [0, 0.05) is 23.9 Å². The fourth-order valence-electron chi connectivity index (χ4n) is 4.07. The molecule has 0 heterocycles. The first-order valence-corrected chi connectivity index (χ1v) is 14.9. The van der Waals surface area contributed by atoms with Crippen LogP contribution in [0.25, 0.3) is 0 Å². The summed E-state index contributed by atoms with van der Waals surface area (Å²) in [6, 6.07) is 27.6. The Bertz CT molecular complexity index is 1760. The number of amides is 3. The lowest BCUT2D eigenvalue weighted by atomic mass is 10.1. The van der Waals surface area contributed by atoms with Crippen LogP contribution in [-0.2, 0) is 19.6 Å². The molecule has 0 saturated carbocycles. The zero-order valence-corrected chi connectivity index (χ0v) is 25.1. The molecule has 11 nitrogen and oxygen atoms in total. The number of nitrogens with zero attached hydrogens (tertiary/aromatic N) is 2. The third-order valence-corrected chi connectivity index (χ3v) is 8.14. The number of methoxy groups -OCH3 is 1. The summed E-state index contributed by atoms with van der Waals surface area (Å²) in [7, 11) is -2.72. The summed E-state index contributed by atoms with van der Waals surface area (Å²) in [5, 5.41) is 9.56. The molecule has 4 rings (SSSR count). The topological polar surface area (TPSA) is 146 Å². The maximum Gasteiger partial charge on any atom is 0.264 e. The van der Waals surface area contributed by atoms with E-state index in [1.54, 1.807) is 67.6 Å². The Labute approximate surface area is 255 Å². The van der Waals surface area contributed by atoms with Crippen molar-refractivity contribution in [1.29, 1.82) is 0 Å². The summed E-state index contributed by atoms with van der Waals surface area (Å²) in [4.78, 5) is 36.7. The van der Waals surface area contributed by atoms with Gasteiger partial charge in [0.15, 0.2) is 0 Å². The maximum atomic E-state index is 13.7. The summed E-state index contributed by atoms with van der Waals surface area (Å²) < 4.78 is 33.5. The van der Waals surface area contributed by atoms with E-state index in [0.29, 0.717) is 34.0 Å². The second-order valence-corrected chi connectivity index (χ2v) is 11.4. The molecule has 44 heavy (non-hydrogen) atoms. The van der Waals surface area contributed by atoms with Gasteiger partial charge >= 0.3 is 0 Å². The standard InChI is InChI=1S/C32H31N5O6S/c1-22(24-9-11-27(12-10-24)34-32(40)25-7-5-4-6-8-25)35-36-31(39)21-37(28-15-17-29(43-3)18-16-28)44(41,42)30-19-13-26(14-20-30)33-23(2)38/h4-20H,21H2,1-3H3,(H,33,38)(H,34,40)(H,36,39)/b35-22-. The third kappa shape index (κ3) is 8.07. The number of hydrazone groups is 1. The van der Waals surface area contributed by atoms with E-state index in [4.69, 9.17) is 4.74 Å². The molecule has 0 bridgehead atoms. The SMILES string of the molecule is COc1ccc(N(CC(=O)N/N=C(/C)c2ccc(NC(=O)c3ccccc3)cc2)S(=O)(=O)c2ccc(NC(C)=O)cc2)cc1. The lowest BCUT2D eigenvalue weighted by Crippen LogP contribution is -2.39. The highest BCUT2D eigenvalue weighted by Gasteiger charge is 2.27. The van der Waals surface area contributed by atoms with Crippen LogP contribution in [0.2, 0.25) is 0 Å². The number of benzene rings is 4. The van der Waals surface area contributed by atoms with Crippen LogP contribution in [0, 0.1) is 0 Å². The zero-order chi connectivity index (χ0) is 31.7. The Morgan fingerprint density at radius 2 is 1.34 bits per heavy atom. The Balaban J connectivity index is 1.48. The van der Waals surface area contributed by atoms with Crippen molar-refractivity contribution in [3.05, 3.63) is 114 Å². The van der Waals surface area contributed by atoms with E-state index in [0.717, 1.165) is 4.31 Å². The highest BCUT2D eigenvalue weighted by molar-refractivity contribution is 7.92. The molecule has 0 saturated heterocycles. The predicted molar refractivity (Wildman–Crippen MR) is 169 cm³/mol. The first-order chi connectivity index (χ1) is 21.1. The molecule has 0 radical (unpaired) electrons. The van der Waals surface area contributed by atoms with Crippen molar-refractivity contribution in [3.8, 4) is 5.75 Å². The molecular formula is C32H31N5O6S. The Morgan fingerprint density at radius 3 is 1.93 bits per heavy atom. The molecular weight excluding hydrogens is 582 g/mol. The van der Waals surface area contributed by atoms with Crippen molar-refractivity contribution in [2.24, 2.45) is 5.10 Å². The van der Waals surface area contributed by atoms with Crippen LogP contribution in [0.15, 0.2) is 113 Å². The van der Waals surface area contributed by atoms with Crippen molar-refractivity contribution in [1.82, 2.24) is 5.43 Å². The van der Waals surface area contributed by atoms with Gasteiger partial charge in [-0.25, -0.2) is 13.8 Å². The van der Waals surface area contributed by atoms with Crippen molar-refractivity contribution in [2.45, 2.75) is 18.7 Å². The minimum absolute atomic E-state index is 0.0747. The molecule has 12 heteroatoms. The number of sulfonamides is 1. The van der Waals surface area contributed by atoms with E-state index < -0.39 is 22.5 Å². The summed E-state index contributed by atoms with van der Waals surface area (Å²) in [5.41, 5.74) is 5.36. The number of anilines is 3. The van der Waals surface area contributed by atoms with Gasteiger partial charge in [-0.2, -0.15) is 5.10 Å². The van der Waals surface area contributed by atoms with Crippen molar-refractivity contribution >= 4 is 50.5 Å². The van der Waals surface area contributed by atoms with Gasteiger partial charge in [0.1, 0.15) is 12.3 Å². The van der Waals surface area contributed by atoms with E-state index in [2.05, 4.69) is 21.2 Å². The molecule has 0 aliphatic heterocycles. The van der Waals surface area contributed by atoms with E-state index in [9.17, 15) is 22.8 Å². The van der Waals surface area contributed by atoms with Crippen LogP contribution >= 0.6 is 0 Å². The van der Waals surface area contributed by atoms with Crippen molar-refractivity contribution < 1.29 is 27.5 Å². The van der Waals surface area contributed by atoms with Crippen LogP contribution < -0.4 is 25.1 Å². The van der Waals surface area contributed by atoms with Gasteiger partial charge in [0.05, 0.1) is 23.4 Å². The van der Waals surface area contributed by atoms with Gasteiger partial charge in [0.25, 0.3) is 21.8 Å². The molecule has 0 unspecified atom stereocenters. The number of ether oxygens (including phenoxy) is 1. The molecule has 3 N–H and O–H groups in total. The molecule has 4 aromatic carbocycles. The Hall–Kier alpha value is -5.49. The van der Waals surface area contributed by atoms with Gasteiger partial charge in [-0.3, -0.25) is 18.7 Å². The molecule has 0 atom stereocenters. The van der Waals surface area contributed by atoms with Crippen LogP contribution in [0.5, 0.6) is 5.75 Å². The highest BCUT2D eigenvalue weighted by Crippen LogP contribution is 2.26. The Morgan fingerprint density at radius 1 is 0.750 bits per heavy atom. The smallest absolute Gasteiger partial charge is 0.264 e. The van der Waals surface area contributed by atoms with Crippen LogP contribution in [0.3, 0.4) is 0 Å². The van der Waals surface area contributed by atoms with Crippen molar-refractivity contribution in [2.75, 3.05) is 28.6 Å². The largest absolute Gasteiger partial charge is 0.497 e. The highest BCUT2D eigenvalue weighted by atomic mass is 32.2. The van der Waals surface area contributed by atoms with Gasteiger partial charge in [-0.1, -0.05) is 30.3 Å². The Kier molecular flexibility index (Phi) is 10.1. The summed E-state index contributed by atoms with van der Waals surface area (Å²) >= 11 is 0. The zero-order valence-electron chi connectivity index (χ0n) is 24.3. The fourth-order valence-corrected chi connectivity index (χ4v) is 5.49. The third-order valence-electron chi connectivity index (χ3n) is 6.36. The predicted octanol–water partition coefficient (Wildman–Crippen LogP) is 4.64. The quantitative estimate of drug-likeness (QED) is 0.166. The number of rotatable bonds is 11. The number of carbonyl (C=O) groups is 3. The minimum atomic E-state index is -4.20. The molecule has 4 aromatic rings. The van der Waals surface area contributed by atoms with Gasteiger partial charge in [-0.15, -0.1) is 0 Å². The second kappa shape index (κ2) is 14.1. The molecule has 226 valence electrons. The molecule has 3 amide bonds. The normalized spacial score (nSPS) is 11.3. The van der Waals surface area contributed by atoms with Crippen LogP contribution in [0.1, 0.15) is 29.8 Å². The molecule has 0 aromatic heterocycles. The van der Waals surface area contributed by atoms with Gasteiger partial charge in [-0.05, 0) is 85.3 Å². The lowest BCUT2D eigenvalue weighted by molar-refractivity contribution is -0.119. The van der Waals surface area contributed by atoms with Crippen LogP contribution in [0.4, 0.5) is 17.1 Å². The average molecular weight is 614 g/mol. The van der Waals surface area contributed by atoms with Crippen LogP contribution in [-0.4, -0.2) is 45.5 Å². The molecule has 0 aliphatic rings. The fraction of sp³-hybridized carbons (Fsp3) is 0.125. The van der Waals surface area contributed by atoms with E-state index in [1.165, 1.54) is 50.4 Å². The number of hydrogen-bond acceptors (Lipinski definition) is 7. The van der Waals surface area contributed by atoms with E-state index >= 15 is 0 Å². The monoisotopic (exact) mass is 613 g/mol. The van der Waals surface area contributed by atoms with E-state index in [1.807, 2.05) is 6.07 Å². The summed E-state index contributed by atoms with van der Waals surface area (Å²) in [5.74, 6) is -0.693. The van der Waals surface area contributed by atoms with Gasteiger partial charge < -0.3 is 15.4 Å². The van der Waals surface area contributed by atoms with E-state index in [-0.39, 0.29) is 22.4 Å². The number of hydrogen-bond donors (Lipinski definition) is 3. The first-order valence-electron chi connectivity index (χ1n) is 13.4. The molecule has 0 aliphatic carbocycles. The lowest BCUT2D eigenvalue weighted by Gasteiger charge is -2.24. The minimum Gasteiger partial charge on any atom is -0.497 e. The first kappa shape index (κ1) is 31.4. The summed E-state index contributed by atoms with van der Waals surface area (Å²) in [6.07, 6.45) is 0. The van der Waals surface area contributed by atoms with Crippen molar-refractivity contribution in [3.63, 3.8) is 0 Å². The maximum absolute atomic E-state index is 13.7. The number of carbonyl (C=O) groups excluding carboxylic acids is 3.